The van der Waals surface area contributed by atoms with Gasteiger partial charge in [0.25, 0.3) is 0 Å². The molecule has 0 spiro atoms. The molecule has 2 aromatic carbocycles. The maximum Gasteiger partial charge on any atom is 0.339 e. The highest BCUT2D eigenvalue weighted by atomic mass is 16.5. The number of hydrogen-bond acceptors (Lipinski definition) is 6. The van der Waals surface area contributed by atoms with Crippen LogP contribution in [0.25, 0.3) is 11.4 Å². The fourth-order valence-corrected chi connectivity index (χ4v) is 2.30. The van der Waals surface area contributed by atoms with E-state index in [1.807, 2.05) is 25.1 Å². The normalized spacial score (nSPS) is 10.5. The minimum absolute atomic E-state index is 0.167. The quantitative estimate of drug-likeness (QED) is 0.605. The molecule has 0 saturated heterocycles. The number of nitrogens with two attached hydrogens (primary N) is 1. The molecule has 0 aliphatic rings. The van der Waals surface area contributed by atoms with Crippen LogP contribution in [0.4, 0.5) is 5.69 Å². The lowest BCUT2D eigenvalue weighted by Gasteiger charge is -2.08. The van der Waals surface area contributed by atoms with Gasteiger partial charge in [-0.3, -0.25) is 0 Å². The van der Waals surface area contributed by atoms with Crippen LogP contribution in [0.5, 0.6) is 11.5 Å². The number of phenols is 1. The van der Waals surface area contributed by atoms with Gasteiger partial charge < -0.3 is 20.7 Å². The predicted molar refractivity (Wildman–Crippen MR) is 96.0 cm³/mol. The summed E-state index contributed by atoms with van der Waals surface area (Å²) in [4.78, 5) is 19.6. The number of aromatic nitrogens is 2. The average molecular weight is 351 g/mol. The molecule has 3 rings (SSSR count). The Hall–Kier alpha value is -3.61. The number of carboxylic acid groups (broad SMARTS) is 1. The van der Waals surface area contributed by atoms with Gasteiger partial charge in [-0.25, -0.2) is 14.8 Å². The largest absolute Gasteiger partial charge is 0.507 e. The van der Waals surface area contributed by atoms with Crippen LogP contribution < -0.4 is 10.5 Å². The van der Waals surface area contributed by atoms with Gasteiger partial charge in [0.05, 0.1) is 0 Å². The minimum Gasteiger partial charge on any atom is -0.507 e. The Morgan fingerprint density at radius 1 is 1.15 bits per heavy atom. The SMILES string of the molecule is Cc1ccc(-c2ncc(COc3ccc(O)c(C(=O)O)c3)cn2)cc1N. The second-order valence-corrected chi connectivity index (χ2v) is 5.76. The molecule has 0 aliphatic heterocycles. The third-order valence-corrected chi connectivity index (χ3v) is 3.85. The van der Waals surface area contributed by atoms with Crippen molar-refractivity contribution in [3.63, 3.8) is 0 Å². The Labute approximate surface area is 149 Å². The van der Waals surface area contributed by atoms with Crippen LogP contribution in [0.1, 0.15) is 21.5 Å². The number of aryl methyl sites for hydroxylation is 1. The van der Waals surface area contributed by atoms with Gasteiger partial charge in [-0.05, 0) is 36.8 Å². The molecule has 7 nitrogen and oxygen atoms in total. The van der Waals surface area contributed by atoms with Gasteiger partial charge in [-0.2, -0.15) is 0 Å². The standard InChI is InChI=1S/C19H17N3O4/c1-11-2-3-13(6-16(11)20)18-21-8-12(9-22-18)10-26-14-4-5-17(23)15(7-14)19(24)25/h2-9,23H,10,20H2,1H3,(H,24,25). The van der Waals surface area contributed by atoms with E-state index in [1.54, 1.807) is 12.4 Å². The lowest BCUT2D eigenvalue weighted by atomic mass is 10.1. The van der Waals surface area contributed by atoms with Gasteiger partial charge in [0.1, 0.15) is 23.7 Å². The van der Waals surface area contributed by atoms with Gasteiger partial charge in [0.2, 0.25) is 0 Å². The Balaban J connectivity index is 1.71. The maximum atomic E-state index is 11.0. The zero-order chi connectivity index (χ0) is 18.7. The van der Waals surface area contributed by atoms with Gasteiger partial charge in [0, 0.05) is 29.2 Å². The number of aromatic carboxylic acids is 1. The molecule has 4 N–H and O–H groups in total. The van der Waals surface area contributed by atoms with Gasteiger partial charge >= 0.3 is 5.97 Å². The van der Waals surface area contributed by atoms with E-state index in [1.165, 1.54) is 18.2 Å². The molecule has 0 bridgehead atoms. The zero-order valence-electron chi connectivity index (χ0n) is 14.0. The number of nitrogen functional groups attached to an aromatic ring is 1. The molecule has 1 heterocycles. The van der Waals surface area contributed by atoms with E-state index in [9.17, 15) is 9.90 Å². The number of rotatable bonds is 5. The molecule has 0 saturated carbocycles. The highest BCUT2D eigenvalue weighted by Gasteiger charge is 2.11. The van der Waals surface area contributed by atoms with Crippen LogP contribution in [-0.2, 0) is 6.61 Å². The smallest absolute Gasteiger partial charge is 0.339 e. The van der Waals surface area contributed by atoms with Crippen molar-refractivity contribution in [3.8, 4) is 22.9 Å². The fourth-order valence-electron chi connectivity index (χ4n) is 2.30. The minimum atomic E-state index is -1.22. The molecule has 132 valence electrons. The van der Waals surface area contributed by atoms with Gasteiger partial charge in [0.15, 0.2) is 5.82 Å². The maximum absolute atomic E-state index is 11.0. The topological polar surface area (TPSA) is 119 Å². The fraction of sp³-hybridized carbons (Fsp3) is 0.105. The summed E-state index contributed by atoms with van der Waals surface area (Å²) in [6.45, 7) is 2.10. The molecular formula is C19H17N3O4. The Bertz CT molecular complexity index is 955. The summed E-state index contributed by atoms with van der Waals surface area (Å²) in [6.07, 6.45) is 3.27. The van der Waals surface area contributed by atoms with Crippen molar-refractivity contribution in [2.45, 2.75) is 13.5 Å². The Kier molecular flexibility index (Phi) is 4.70. The molecule has 1 aromatic heterocycles. The second kappa shape index (κ2) is 7.10. The summed E-state index contributed by atoms with van der Waals surface area (Å²) in [7, 11) is 0. The van der Waals surface area contributed by atoms with Gasteiger partial charge in [-0.1, -0.05) is 12.1 Å². The Morgan fingerprint density at radius 2 is 1.88 bits per heavy atom. The van der Waals surface area contributed by atoms with E-state index < -0.39 is 5.97 Å². The van der Waals surface area contributed by atoms with Crippen LogP contribution in [-0.4, -0.2) is 26.2 Å². The van der Waals surface area contributed by atoms with Crippen LogP contribution in [0.15, 0.2) is 48.8 Å². The van der Waals surface area contributed by atoms with Crippen LogP contribution in [0.3, 0.4) is 0 Å². The summed E-state index contributed by atoms with van der Waals surface area (Å²) in [5.41, 5.74) is 8.91. The molecule has 0 unspecified atom stereocenters. The second-order valence-electron chi connectivity index (χ2n) is 5.76. The third kappa shape index (κ3) is 3.72. The number of nitrogens with zero attached hydrogens (tertiary/aromatic N) is 2. The van der Waals surface area contributed by atoms with Crippen molar-refractivity contribution in [2.24, 2.45) is 0 Å². The van der Waals surface area contributed by atoms with Crippen molar-refractivity contribution in [3.05, 3.63) is 65.5 Å². The molecular weight excluding hydrogens is 334 g/mol. The monoisotopic (exact) mass is 351 g/mol. The van der Waals surface area contributed by atoms with Crippen LogP contribution >= 0.6 is 0 Å². The number of benzene rings is 2. The van der Waals surface area contributed by atoms with Crippen molar-refractivity contribution in [1.29, 1.82) is 0 Å². The lowest BCUT2D eigenvalue weighted by molar-refractivity contribution is 0.0693. The summed E-state index contributed by atoms with van der Waals surface area (Å²) in [5, 5.41) is 18.5. The van der Waals surface area contributed by atoms with Crippen molar-refractivity contribution >= 4 is 11.7 Å². The number of ether oxygens (including phenoxy) is 1. The summed E-state index contributed by atoms with van der Waals surface area (Å²) < 4.78 is 5.54. The number of carboxylic acids is 1. The number of anilines is 1. The summed E-state index contributed by atoms with van der Waals surface area (Å²) in [6, 6.07) is 9.68. The molecule has 0 fully saturated rings. The highest BCUT2D eigenvalue weighted by molar-refractivity contribution is 5.91. The first-order valence-electron chi connectivity index (χ1n) is 7.80. The number of carbonyl (C=O) groups is 1. The van der Waals surface area contributed by atoms with E-state index in [-0.39, 0.29) is 17.9 Å². The highest BCUT2D eigenvalue weighted by Crippen LogP contribution is 2.24. The lowest BCUT2D eigenvalue weighted by Crippen LogP contribution is -2.01. The van der Waals surface area contributed by atoms with E-state index in [4.69, 9.17) is 15.6 Å². The van der Waals surface area contributed by atoms with E-state index >= 15 is 0 Å². The summed E-state index contributed by atoms with van der Waals surface area (Å²) >= 11 is 0. The first-order chi connectivity index (χ1) is 12.4. The van der Waals surface area contributed by atoms with Crippen LogP contribution in [0.2, 0.25) is 0 Å². The number of hydrogen-bond donors (Lipinski definition) is 3. The van der Waals surface area contributed by atoms with Gasteiger partial charge in [-0.15, -0.1) is 0 Å². The molecule has 0 amide bonds. The molecule has 0 aliphatic carbocycles. The molecule has 3 aromatic rings. The summed E-state index contributed by atoms with van der Waals surface area (Å²) in [5.74, 6) is -0.651. The molecule has 0 atom stereocenters. The van der Waals surface area contributed by atoms with E-state index in [0.29, 0.717) is 17.3 Å². The van der Waals surface area contributed by atoms with Crippen molar-refractivity contribution in [2.75, 3.05) is 5.73 Å². The van der Waals surface area contributed by atoms with E-state index in [0.717, 1.165) is 16.7 Å². The first kappa shape index (κ1) is 17.2. The molecule has 0 radical (unpaired) electrons. The average Bonchev–Trinajstić information content (AvgIpc) is 2.63. The van der Waals surface area contributed by atoms with Crippen LogP contribution in [0, 0.1) is 6.92 Å². The predicted octanol–water partition coefficient (Wildman–Crippen LogP) is 3.02. The molecule has 26 heavy (non-hydrogen) atoms. The zero-order valence-corrected chi connectivity index (χ0v) is 14.0. The van der Waals surface area contributed by atoms with Crippen molar-refractivity contribution < 1.29 is 19.7 Å². The van der Waals surface area contributed by atoms with Crippen molar-refractivity contribution in [1.82, 2.24) is 9.97 Å². The molecule has 7 heteroatoms. The third-order valence-electron chi connectivity index (χ3n) is 3.85. The number of aromatic hydroxyl groups is 1. The first-order valence-corrected chi connectivity index (χ1v) is 7.80. The Morgan fingerprint density at radius 3 is 2.54 bits per heavy atom. The van der Waals surface area contributed by atoms with E-state index in [2.05, 4.69) is 9.97 Å².